The van der Waals surface area contributed by atoms with Crippen LogP contribution in [0.2, 0.25) is 0 Å². The summed E-state index contributed by atoms with van der Waals surface area (Å²) >= 11 is 1.71. The van der Waals surface area contributed by atoms with Crippen LogP contribution in [0.4, 0.5) is 0 Å². The van der Waals surface area contributed by atoms with Crippen molar-refractivity contribution in [3.8, 4) is 0 Å². The van der Waals surface area contributed by atoms with Gasteiger partial charge in [-0.3, -0.25) is 9.79 Å². The van der Waals surface area contributed by atoms with Crippen LogP contribution in [0.1, 0.15) is 35.8 Å². The van der Waals surface area contributed by atoms with Gasteiger partial charge in [0.2, 0.25) is 5.91 Å². The number of guanidine groups is 1. The smallest absolute Gasteiger partial charge is 0.225 e. The first-order chi connectivity index (χ1) is 10.9. The van der Waals surface area contributed by atoms with Crippen LogP contribution in [0.25, 0.3) is 0 Å². The van der Waals surface area contributed by atoms with Crippen LogP contribution in [0.5, 0.6) is 0 Å². The van der Waals surface area contributed by atoms with Crippen molar-refractivity contribution in [3.63, 3.8) is 0 Å². The molecule has 1 aliphatic heterocycles. The Morgan fingerprint density at radius 1 is 1.48 bits per heavy atom. The second-order valence-electron chi connectivity index (χ2n) is 6.24. The molecule has 7 heteroatoms. The van der Waals surface area contributed by atoms with Crippen LogP contribution in [-0.2, 0) is 11.3 Å². The van der Waals surface area contributed by atoms with E-state index in [0.717, 1.165) is 36.2 Å². The zero-order valence-electron chi connectivity index (χ0n) is 14.6. The zero-order valence-corrected chi connectivity index (χ0v) is 15.5. The standard InChI is InChI=1S/C16H27N5OS/c1-10(2)15(22)21-7-6-13(9-21)20-16(17-5)18-8-14-19-11(3)12(4)23-14/h10,13H,6-9H2,1-5H3,(H2,17,18,20). The number of hydrogen-bond acceptors (Lipinski definition) is 4. The van der Waals surface area contributed by atoms with E-state index in [2.05, 4.69) is 27.5 Å². The number of nitrogens with one attached hydrogen (secondary N) is 2. The maximum Gasteiger partial charge on any atom is 0.225 e. The number of nitrogens with zero attached hydrogens (tertiary/aromatic N) is 3. The highest BCUT2D eigenvalue weighted by Crippen LogP contribution is 2.16. The summed E-state index contributed by atoms with van der Waals surface area (Å²) in [5.74, 6) is 1.05. The maximum atomic E-state index is 12.0. The lowest BCUT2D eigenvalue weighted by Gasteiger charge is -2.20. The second kappa shape index (κ2) is 7.77. The third kappa shape index (κ3) is 4.67. The fourth-order valence-electron chi connectivity index (χ4n) is 2.61. The average molecular weight is 337 g/mol. The van der Waals surface area contributed by atoms with Gasteiger partial charge in [0, 0.05) is 37.0 Å². The molecule has 6 nitrogen and oxygen atoms in total. The molecule has 0 radical (unpaired) electrons. The number of likely N-dealkylation sites (tertiary alicyclic amines) is 1. The predicted octanol–water partition coefficient (Wildman–Crippen LogP) is 1.68. The average Bonchev–Trinajstić information content (AvgIpc) is 3.10. The van der Waals surface area contributed by atoms with Gasteiger partial charge in [-0.25, -0.2) is 4.98 Å². The summed E-state index contributed by atoms with van der Waals surface area (Å²) in [5, 5.41) is 7.77. The van der Waals surface area contributed by atoms with Crippen molar-refractivity contribution in [1.82, 2.24) is 20.5 Å². The number of aliphatic imine (C=N–C) groups is 1. The van der Waals surface area contributed by atoms with Gasteiger partial charge in [0.1, 0.15) is 5.01 Å². The molecule has 1 atom stereocenters. The Morgan fingerprint density at radius 3 is 2.78 bits per heavy atom. The zero-order chi connectivity index (χ0) is 17.0. The minimum absolute atomic E-state index is 0.0579. The van der Waals surface area contributed by atoms with E-state index in [0.29, 0.717) is 6.54 Å². The minimum atomic E-state index is 0.0579. The molecule has 2 heterocycles. The Kier molecular flexibility index (Phi) is 5.98. The van der Waals surface area contributed by atoms with Gasteiger partial charge in [0.25, 0.3) is 0 Å². The van der Waals surface area contributed by atoms with Crippen LogP contribution in [0.3, 0.4) is 0 Å². The van der Waals surface area contributed by atoms with Gasteiger partial charge in [-0.1, -0.05) is 13.8 Å². The lowest BCUT2D eigenvalue weighted by molar-refractivity contribution is -0.133. The molecule has 2 N–H and O–H groups in total. The van der Waals surface area contributed by atoms with E-state index < -0.39 is 0 Å². The number of rotatable bonds is 4. The van der Waals surface area contributed by atoms with E-state index in [1.54, 1.807) is 18.4 Å². The normalized spacial score (nSPS) is 18.6. The molecule has 1 saturated heterocycles. The van der Waals surface area contributed by atoms with Gasteiger partial charge in [0.15, 0.2) is 5.96 Å². The number of aryl methyl sites for hydroxylation is 2. The summed E-state index contributed by atoms with van der Waals surface area (Å²) in [6.07, 6.45) is 0.953. The van der Waals surface area contributed by atoms with Crippen molar-refractivity contribution in [1.29, 1.82) is 0 Å². The summed E-state index contributed by atoms with van der Waals surface area (Å²) in [5.41, 5.74) is 1.09. The fourth-order valence-corrected chi connectivity index (χ4v) is 3.48. The van der Waals surface area contributed by atoms with Crippen LogP contribution in [0, 0.1) is 19.8 Å². The van der Waals surface area contributed by atoms with Crippen molar-refractivity contribution in [3.05, 3.63) is 15.6 Å². The third-order valence-corrected chi connectivity index (χ3v) is 5.11. The number of amides is 1. The molecule has 1 amide bonds. The van der Waals surface area contributed by atoms with Gasteiger partial charge >= 0.3 is 0 Å². The Balaban J connectivity index is 1.82. The highest BCUT2D eigenvalue weighted by atomic mass is 32.1. The summed E-state index contributed by atoms with van der Waals surface area (Å²) in [4.78, 5) is 24.0. The van der Waals surface area contributed by atoms with Crippen LogP contribution in [0.15, 0.2) is 4.99 Å². The van der Waals surface area contributed by atoms with Crippen molar-refractivity contribution >= 4 is 23.2 Å². The quantitative estimate of drug-likeness (QED) is 0.648. The highest BCUT2D eigenvalue weighted by Gasteiger charge is 2.27. The van der Waals surface area contributed by atoms with Crippen molar-refractivity contribution in [2.24, 2.45) is 10.9 Å². The lowest BCUT2D eigenvalue weighted by atomic mass is 10.2. The Hall–Kier alpha value is -1.63. The van der Waals surface area contributed by atoms with E-state index in [1.165, 1.54) is 4.88 Å². The second-order valence-corrected chi connectivity index (χ2v) is 7.53. The van der Waals surface area contributed by atoms with E-state index >= 15 is 0 Å². The van der Waals surface area contributed by atoms with Gasteiger partial charge < -0.3 is 15.5 Å². The Bertz CT molecular complexity index is 562. The Labute approximate surface area is 142 Å². The molecule has 128 valence electrons. The van der Waals surface area contributed by atoms with Crippen LogP contribution < -0.4 is 10.6 Å². The molecule has 0 aliphatic carbocycles. The number of thiazole rings is 1. The molecule has 2 rings (SSSR count). The van der Waals surface area contributed by atoms with Gasteiger partial charge in [-0.15, -0.1) is 11.3 Å². The molecular formula is C16H27N5OS. The van der Waals surface area contributed by atoms with Gasteiger partial charge in [-0.05, 0) is 20.3 Å². The summed E-state index contributed by atoms with van der Waals surface area (Å²) < 4.78 is 0. The summed E-state index contributed by atoms with van der Waals surface area (Å²) in [6, 6.07) is 0.253. The molecule has 1 fully saturated rings. The number of aromatic nitrogens is 1. The van der Waals surface area contributed by atoms with Crippen molar-refractivity contribution in [2.75, 3.05) is 20.1 Å². The molecular weight excluding hydrogens is 310 g/mol. The fraction of sp³-hybridized carbons (Fsp3) is 0.688. The topological polar surface area (TPSA) is 69.6 Å². The first-order valence-electron chi connectivity index (χ1n) is 8.09. The Morgan fingerprint density at radius 2 is 2.22 bits per heavy atom. The van der Waals surface area contributed by atoms with E-state index in [4.69, 9.17) is 0 Å². The number of carbonyl (C=O) groups excluding carboxylic acids is 1. The third-order valence-electron chi connectivity index (χ3n) is 4.04. The molecule has 0 spiro atoms. The van der Waals surface area contributed by atoms with Crippen LogP contribution >= 0.6 is 11.3 Å². The van der Waals surface area contributed by atoms with Crippen molar-refractivity contribution < 1.29 is 4.79 Å². The van der Waals surface area contributed by atoms with E-state index in [1.807, 2.05) is 25.7 Å². The first-order valence-corrected chi connectivity index (χ1v) is 8.91. The number of carbonyl (C=O) groups is 1. The van der Waals surface area contributed by atoms with E-state index in [9.17, 15) is 4.79 Å². The first kappa shape index (κ1) is 17.7. The van der Waals surface area contributed by atoms with Gasteiger partial charge in [-0.2, -0.15) is 0 Å². The monoisotopic (exact) mass is 337 g/mol. The van der Waals surface area contributed by atoms with Crippen LogP contribution in [-0.4, -0.2) is 47.9 Å². The molecule has 1 aliphatic rings. The lowest BCUT2D eigenvalue weighted by Crippen LogP contribution is -2.45. The summed E-state index contributed by atoms with van der Waals surface area (Å²) in [7, 11) is 1.76. The minimum Gasteiger partial charge on any atom is -0.352 e. The largest absolute Gasteiger partial charge is 0.352 e. The number of hydrogen-bond donors (Lipinski definition) is 2. The molecule has 0 saturated carbocycles. The summed E-state index contributed by atoms with van der Waals surface area (Å²) in [6.45, 7) is 10.2. The molecule has 23 heavy (non-hydrogen) atoms. The molecule has 1 unspecified atom stereocenters. The molecule has 1 aromatic heterocycles. The molecule has 0 bridgehead atoms. The molecule has 1 aromatic rings. The highest BCUT2D eigenvalue weighted by molar-refractivity contribution is 7.11. The maximum absolute atomic E-state index is 12.0. The SMILES string of the molecule is CN=C(NCc1nc(C)c(C)s1)NC1CCN(C(=O)C(C)C)C1. The van der Waals surface area contributed by atoms with Gasteiger partial charge in [0.05, 0.1) is 12.2 Å². The van der Waals surface area contributed by atoms with E-state index in [-0.39, 0.29) is 17.9 Å². The van der Waals surface area contributed by atoms with Crippen molar-refractivity contribution in [2.45, 2.75) is 46.7 Å². The molecule has 0 aromatic carbocycles. The predicted molar refractivity (Wildman–Crippen MR) is 94.7 cm³/mol.